The summed E-state index contributed by atoms with van der Waals surface area (Å²) >= 11 is 0. The van der Waals surface area contributed by atoms with Crippen LogP contribution in [0.4, 0.5) is 0 Å². The summed E-state index contributed by atoms with van der Waals surface area (Å²) in [5, 5.41) is 0. The lowest BCUT2D eigenvalue weighted by molar-refractivity contribution is -0.132. The van der Waals surface area contributed by atoms with Gasteiger partial charge in [0.1, 0.15) is 0 Å². The van der Waals surface area contributed by atoms with Crippen molar-refractivity contribution in [3.05, 3.63) is 0 Å². The molecule has 1 amide bonds. The number of likely N-dealkylation sites (tertiary alicyclic amines) is 1. The van der Waals surface area contributed by atoms with Crippen LogP contribution in [0.15, 0.2) is 0 Å². The highest BCUT2D eigenvalue weighted by Gasteiger charge is 2.37. The van der Waals surface area contributed by atoms with Crippen molar-refractivity contribution in [2.75, 3.05) is 20.1 Å². The Morgan fingerprint density at radius 3 is 2.48 bits per heavy atom. The molecule has 124 valence electrons. The van der Waals surface area contributed by atoms with Crippen LogP contribution in [0.25, 0.3) is 0 Å². The van der Waals surface area contributed by atoms with Crippen molar-refractivity contribution < 1.29 is 4.79 Å². The van der Waals surface area contributed by atoms with Crippen LogP contribution in [0.5, 0.6) is 0 Å². The van der Waals surface area contributed by atoms with Crippen molar-refractivity contribution >= 4 is 30.7 Å². The first-order chi connectivity index (χ1) is 9.15. The van der Waals surface area contributed by atoms with Crippen molar-refractivity contribution in [2.24, 2.45) is 11.7 Å². The molecule has 3 atom stereocenters. The highest BCUT2D eigenvalue weighted by molar-refractivity contribution is 5.85. The van der Waals surface area contributed by atoms with E-state index in [0.717, 1.165) is 31.8 Å². The third kappa shape index (κ3) is 4.47. The van der Waals surface area contributed by atoms with Crippen molar-refractivity contribution in [3.63, 3.8) is 0 Å². The number of halogens is 2. The number of carbonyl (C=O) groups excluding carboxylic acids is 1. The minimum Gasteiger partial charge on any atom is -0.341 e. The SMILES string of the molecule is CN(C(=O)C[C@@H]1CCC[C@H]1N)C1CCN(C2CC2)C1.Cl.Cl. The third-order valence-electron chi connectivity index (χ3n) is 5.35. The zero-order valence-corrected chi connectivity index (χ0v) is 14.5. The molecule has 2 saturated carbocycles. The molecular weight excluding hydrogens is 309 g/mol. The first-order valence-electron chi connectivity index (χ1n) is 7.90. The maximum absolute atomic E-state index is 12.4. The van der Waals surface area contributed by atoms with Crippen LogP contribution < -0.4 is 5.73 Å². The zero-order chi connectivity index (χ0) is 13.4. The summed E-state index contributed by atoms with van der Waals surface area (Å²) in [5.74, 6) is 0.737. The Kier molecular flexibility index (Phi) is 7.25. The molecule has 0 spiro atoms. The summed E-state index contributed by atoms with van der Waals surface area (Å²) in [6.07, 6.45) is 7.97. The quantitative estimate of drug-likeness (QED) is 0.853. The normalized spacial score (nSPS) is 32.4. The Morgan fingerprint density at radius 1 is 1.19 bits per heavy atom. The molecule has 0 bridgehead atoms. The first kappa shape index (κ1) is 19.0. The van der Waals surface area contributed by atoms with Gasteiger partial charge >= 0.3 is 0 Å². The second kappa shape index (κ2) is 8.00. The van der Waals surface area contributed by atoms with Gasteiger partial charge in [0, 0.05) is 44.7 Å². The van der Waals surface area contributed by atoms with Crippen LogP contribution in [0.2, 0.25) is 0 Å². The fraction of sp³-hybridized carbons (Fsp3) is 0.933. The molecule has 0 radical (unpaired) electrons. The topological polar surface area (TPSA) is 49.6 Å². The Labute approximate surface area is 140 Å². The Balaban J connectivity index is 0.00000110. The summed E-state index contributed by atoms with van der Waals surface area (Å²) in [5.41, 5.74) is 6.07. The monoisotopic (exact) mass is 337 g/mol. The molecule has 0 aromatic rings. The van der Waals surface area contributed by atoms with Gasteiger partial charge in [-0.2, -0.15) is 0 Å². The molecule has 0 aromatic carbocycles. The number of likely N-dealkylation sites (N-methyl/N-ethyl adjacent to an activating group) is 1. The van der Waals surface area contributed by atoms with E-state index in [-0.39, 0.29) is 30.9 Å². The summed E-state index contributed by atoms with van der Waals surface area (Å²) < 4.78 is 0. The van der Waals surface area contributed by atoms with Gasteiger partial charge in [-0.25, -0.2) is 0 Å². The maximum atomic E-state index is 12.4. The number of carbonyl (C=O) groups is 1. The molecule has 1 unspecified atom stereocenters. The van der Waals surface area contributed by atoms with Crippen molar-refractivity contribution in [3.8, 4) is 0 Å². The number of rotatable bonds is 4. The zero-order valence-electron chi connectivity index (χ0n) is 12.9. The van der Waals surface area contributed by atoms with Crippen molar-refractivity contribution in [1.29, 1.82) is 0 Å². The highest BCUT2D eigenvalue weighted by Crippen LogP contribution is 2.32. The van der Waals surface area contributed by atoms with Crippen LogP contribution in [-0.4, -0.2) is 54.0 Å². The summed E-state index contributed by atoms with van der Waals surface area (Å²) in [6, 6.07) is 1.52. The first-order valence-corrected chi connectivity index (χ1v) is 7.90. The molecule has 2 aliphatic carbocycles. The second-order valence-corrected chi connectivity index (χ2v) is 6.73. The van der Waals surface area contributed by atoms with E-state index >= 15 is 0 Å². The van der Waals surface area contributed by atoms with Crippen molar-refractivity contribution in [2.45, 2.75) is 63.1 Å². The Hall–Kier alpha value is -0.0300. The molecular formula is C15H29Cl2N3O. The lowest BCUT2D eigenvalue weighted by atomic mass is 9.99. The molecule has 3 aliphatic rings. The molecule has 6 heteroatoms. The van der Waals surface area contributed by atoms with Crippen molar-refractivity contribution in [1.82, 2.24) is 9.80 Å². The molecule has 1 heterocycles. The number of amides is 1. The third-order valence-corrected chi connectivity index (χ3v) is 5.35. The van der Waals surface area contributed by atoms with Gasteiger partial charge in [-0.1, -0.05) is 6.42 Å². The lowest BCUT2D eigenvalue weighted by Crippen LogP contribution is -2.41. The van der Waals surface area contributed by atoms with Crippen LogP contribution in [0, 0.1) is 5.92 Å². The Bertz CT molecular complexity index is 352. The second-order valence-electron chi connectivity index (χ2n) is 6.73. The predicted octanol–water partition coefficient (Wildman–Crippen LogP) is 2.04. The number of hydrogen-bond acceptors (Lipinski definition) is 3. The maximum Gasteiger partial charge on any atom is 0.222 e. The van der Waals surface area contributed by atoms with E-state index in [1.165, 1.54) is 25.8 Å². The summed E-state index contributed by atoms with van der Waals surface area (Å²) in [7, 11) is 1.99. The van der Waals surface area contributed by atoms with E-state index < -0.39 is 0 Å². The van der Waals surface area contributed by atoms with Gasteiger partial charge in [0.05, 0.1) is 0 Å². The highest BCUT2D eigenvalue weighted by atomic mass is 35.5. The molecule has 3 fully saturated rings. The molecule has 21 heavy (non-hydrogen) atoms. The fourth-order valence-corrected chi connectivity index (χ4v) is 3.75. The average Bonchev–Trinajstić information content (AvgIpc) is 3.00. The smallest absolute Gasteiger partial charge is 0.222 e. The molecule has 0 aromatic heterocycles. The largest absolute Gasteiger partial charge is 0.341 e. The van der Waals surface area contributed by atoms with Gasteiger partial charge < -0.3 is 10.6 Å². The van der Waals surface area contributed by atoms with Gasteiger partial charge in [-0.3, -0.25) is 9.69 Å². The molecule has 2 N–H and O–H groups in total. The standard InChI is InChI=1S/C15H27N3O.2ClH/c1-17(13-7-8-18(10-13)12-5-6-12)15(19)9-11-3-2-4-14(11)16;;/h11-14H,2-10,16H2,1H3;2*1H/t11-,13?,14+;;/m0../s1. The van der Waals surface area contributed by atoms with Gasteiger partial charge in [-0.15, -0.1) is 24.8 Å². The Morgan fingerprint density at radius 2 is 1.90 bits per heavy atom. The van der Waals surface area contributed by atoms with E-state index in [2.05, 4.69) is 4.90 Å². The van der Waals surface area contributed by atoms with Crippen LogP contribution in [-0.2, 0) is 4.79 Å². The number of nitrogens with zero attached hydrogens (tertiary/aromatic N) is 2. The summed E-state index contributed by atoms with van der Waals surface area (Å²) in [4.78, 5) is 16.9. The lowest BCUT2D eigenvalue weighted by Gasteiger charge is -2.27. The average molecular weight is 338 g/mol. The molecule has 1 aliphatic heterocycles. The van der Waals surface area contributed by atoms with Gasteiger partial charge in [0.25, 0.3) is 0 Å². The van der Waals surface area contributed by atoms with Crippen LogP contribution in [0.1, 0.15) is 44.9 Å². The minimum atomic E-state index is 0. The van der Waals surface area contributed by atoms with E-state index in [4.69, 9.17) is 5.73 Å². The molecule has 4 nitrogen and oxygen atoms in total. The molecule has 1 saturated heterocycles. The molecule has 3 rings (SSSR count). The van der Waals surface area contributed by atoms with Crippen LogP contribution in [0.3, 0.4) is 0 Å². The van der Waals surface area contributed by atoms with E-state index in [1.54, 1.807) is 0 Å². The van der Waals surface area contributed by atoms with Crippen LogP contribution >= 0.6 is 24.8 Å². The number of nitrogens with two attached hydrogens (primary N) is 1. The summed E-state index contributed by atoms with van der Waals surface area (Å²) in [6.45, 7) is 2.26. The minimum absolute atomic E-state index is 0. The van der Waals surface area contributed by atoms with Gasteiger partial charge in [0.2, 0.25) is 5.91 Å². The number of hydrogen-bond donors (Lipinski definition) is 1. The fourth-order valence-electron chi connectivity index (χ4n) is 3.75. The van der Waals surface area contributed by atoms with E-state index in [0.29, 0.717) is 24.3 Å². The van der Waals surface area contributed by atoms with E-state index in [1.807, 2.05) is 11.9 Å². The van der Waals surface area contributed by atoms with E-state index in [9.17, 15) is 4.79 Å². The predicted molar refractivity (Wildman–Crippen MR) is 90.2 cm³/mol. The van der Waals surface area contributed by atoms with Gasteiger partial charge in [-0.05, 0) is 38.0 Å². The van der Waals surface area contributed by atoms with Gasteiger partial charge in [0.15, 0.2) is 0 Å².